The molecule has 0 radical (unpaired) electrons. The Balaban J connectivity index is 1.16. The number of allylic oxidation sites excluding steroid dienone is 4. The first-order chi connectivity index (χ1) is 22.0. The molecule has 3 nitrogen and oxygen atoms in total. The Morgan fingerprint density at radius 3 is 1.64 bits per heavy atom. The Morgan fingerprint density at radius 2 is 1.00 bits per heavy atom. The van der Waals surface area contributed by atoms with E-state index in [9.17, 15) is 0 Å². The number of benzene rings is 5. The van der Waals surface area contributed by atoms with E-state index in [1.807, 2.05) is 60.7 Å². The summed E-state index contributed by atoms with van der Waals surface area (Å²) in [5, 5.41) is 0. The molecule has 0 bridgehead atoms. The van der Waals surface area contributed by atoms with E-state index in [-0.39, 0.29) is 5.41 Å². The summed E-state index contributed by atoms with van der Waals surface area (Å²) in [6, 6.07) is 46.6. The Kier molecular flexibility index (Phi) is 6.60. The molecule has 1 aromatic heterocycles. The van der Waals surface area contributed by atoms with E-state index in [0.29, 0.717) is 23.4 Å². The number of rotatable bonds is 5. The predicted octanol–water partition coefficient (Wildman–Crippen LogP) is 10.3. The lowest BCUT2D eigenvalue weighted by atomic mass is 9.77. The minimum absolute atomic E-state index is 0.0362. The van der Waals surface area contributed by atoms with Gasteiger partial charge in [0.1, 0.15) is 0 Å². The number of aromatic nitrogens is 3. The van der Waals surface area contributed by atoms with E-state index in [1.165, 1.54) is 33.4 Å². The summed E-state index contributed by atoms with van der Waals surface area (Å²) >= 11 is 0. The van der Waals surface area contributed by atoms with Gasteiger partial charge in [-0.3, -0.25) is 0 Å². The monoisotopic (exact) mass is 579 g/mol. The fraction of sp³-hybridized carbons (Fsp3) is 0.119. The molecule has 2 aliphatic carbocycles. The van der Waals surface area contributed by atoms with Crippen LogP contribution in [-0.4, -0.2) is 15.0 Å². The molecule has 0 fully saturated rings. The first kappa shape index (κ1) is 27.2. The second-order valence-corrected chi connectivity index (χ2v) is 12.5. The zero-order valence-electron chi connectivity index (χ0n) is 25.5. The van der Waals surface area contributed by atoms with Crippen LogP contribution in [0.1, 0.15) is 42.9 Å². The van der Waals surface area contributed by atoms with Crippen LogP contribution in [0, 0.1) is 0 Å². The number of nitrogens with zero attached hydrogens (tertiary/aromatic N) is 3. The van der Waals surface area contributed by atoms with Gasteiger partial charge in [0.15, 0.2) is 17.5 Å². The van der Waals surface area contributed by atoms with Gasteiger partial charge in [-0.2, -0.15) is 0 Å². The van der Waals surface area contributed by atoms with Crippen molar-refractivity contribution < 1.29 is 0 Å². The molecule has 3 heteroatoms. The average Bonchev–Trinajstić information content (AvgIpc) is 3.34. The van der Waals surface area contributed by atoms with Gasteiger partial charge in [0, 0.05) is 28.0 Å². The summed E-state index contributed by atoms with van der Waals surface area (Å²) in [5.41, 5.74) is 12.2. The third kappa shape index (κ3) is 4.91. The molecule has 1 unspecified atom stereocenters. The molecule has 0 saturated carbocycles. The predicted molar refractivity (Wildman–Crippen MR) is 184 cm³/mol. The van der Waals surface area contributed by atoms with Gasteiger partial charge < -0.3 is 0 Å². The van der Waals surface area contributed by atoms with Gasteiger partial charge >= 0.3 is 0 Å². The highest BCUT2D eigenvalue weighted by atomic mass is 15.0. The molecule has 0 spiro atoms. The number of fused-ring (bicyclic) bond motifs is 3. The molecule has 216 valence electrons. The molecule has 2 aliphatic rings. The Morgan fingerprint density at radius 1 is 0.511 bits per heavy atom. The van der Waals surface area contributed by atoms with Gasteiger partial charge in [-0.25, -0.2) is 15.0 Å². The summed E-state index contributed by atoms with van der Waals surface area (Å²) in [6.45, 7) is 4.74. The van der Waals surface area contributed by atoms with Crippen molar-refractivity contribution in [2.45, 2.75) is 31.6 Å². The lowest BCUT2D eigenvalue weighted by Gasteiger charge is -2.27. The molecular weight excluding hydrogens is 546 g/mol. The molecular formula is C42H33N3. The van der Waals surface area contributed by atoms with Crippen LogP contribution in [-0.2, 0) is 5.41 Å². The lowest BCUT2D eigenvalue weighted by Crippen LogP contribution is -2.17. The van der Waals surface area contributed by atoms with Crippen molar-refractivity contribution in [1.82, 2.24) is 15.0 Å². The molecule has 0 saturated heterocycles. The zero-order valence-corrected chi connectivity index (χ0v) is 25.5. The van der Waals surface area contributed by atoms with Crippen LogP contribution >= 0.6 is 0 Å². The van der Waals surface area contributed by atoms with Gasteiger partial charge in [0.05, 0.1) is 0 Å². The fourth-order valence-corrected chi connectivity index (χ4v) is 6.99. The Labute approximate surface area is 264 Å². The van der Waals surface area contributed by atoms with E-state index in [2.05, 4.69) is 98.8 Å². The minimum Gasteiger partial charge on any atom is -0.208 e. The second-order valence-electron chi connectivity index (χ2n) is 12.5. The van der Waals surface area contributed by atoms with E-state index in [1.54, 1.807) is 0 Å². The number of hydrogen-bond acceptors (Lipinski definition) is 3. The van der Waals surface area contributed by atoms with Crippen LogP contribution in [0.3, 0.4) is 0 Å². The van der Waals surface area contributed by atoms with Crippen molar-refractivity contribution in [2.75, 3.05) is 0 Å². The second kappa shape index (κ2) is 10.9. The molecule has 0 amide bonds. The van der Waals surface area contributed by atoms with Crippen molar-refractivity contribution in [3.05, 3.63) is 168 Å². The summed E-state index contributed by atoms with van der Waals surface area (Å²) in [6.07, 6.45) is 5.90. The van der Waals surface area contributed by atoms with Gasteiger partial charge in [-0.15, -0.1) is 0 Å². The van der Waals surface area contributed by atoms with Crippen LogP contribution in [0.5, 0.6) is 0 Å². The average molecular weight is 580 g/mol. The molecule has 6 aromatic rings. The van der Waals surface area contributed by atoms with Gasteiger partial charge in [-0.1, -0.05) is 153 Å². The molecule has 0 aliphatic heterocycles. The van der Waals surface area contributed by atoms with Crippen molar-refractivity contribution >= 4 is 5.57 Å². The van der Waals surface area contributed by atoms with Gasteiger partial charge in [0.25, 0.3) is 0 Å². The summed E-state index contributed by atoms with van der Waals surface area (Å²) in [4.78, 5) is 14.8. The van der Waals surface area contributed by atoms with Crippen molar-refractivity contribution in [3.63, 3.8) is 0 Å². The van der Waals surface area contributed by atoms with Crippen LogP contribution in [0.15, 0.2) is 151 Å². The van der Waals surface area contributed by atoms with E-state index in [0.717, 1.165) is 28.7 Å². The maximum Gasteiger partial charge on any atom is 0.164 e. The molecule has 8 rings (SSSR count). The van der Waals surface area contributed by atoms with Crippen molar-refractivity contribution in [1.29, 1.82) is 0 Å². The van der Waals surface area contributed by atoms with E-state index in [4.69, 9.17) is 15.0 Å². The van der Waals surface area contributed by atoms with Crippen LogP contribution in [0.2, 0.25) is 0 Å². The van der Waals surface area contributed by atoms with E-state index >= 15 is 0 Å². The molecule has 1 heterocycles. The largest absolute Gasteiger partial charge is 0.208 e. The SMILES string of the molecule is CC1(C)C2=CC(c3cccc(-c4cccc(-c5nc(-c6ccccc6)nc(-c6ccccc6)n5)c4)c3)=CCC2c2ccccc21. The quantitative estimate of drug-likeness (QED) is 0.204. The van der Waals surface area contributed by atoms with E-state index < -0.39 is 0 Å². The molecule has 5 aromatic carbocycles. The van der Waals surface area contributed by atoms with Crippen LogP contribution in [0.4, 0.5) is 0 Å². The number of hydrogen-bond donors (Lipinski definition) is 0. The van der Waals surface area contributed by atoms with Gasteiger partial charge in [0.2, 0.25) is 0 Å². The van der Waals surface area contributed by atoms with Crippen molar-refractivity contribution in [3.8, 4) is 45.3 Å². The minimum atomic E-state index is 0.0362. The standard InChI is InChI=1S/C42H33N3/c1-42(2)37-22-10-9-21-35(37)36-24-23-33(27-38(36)42)31-18-11-17-30(25-31)32-19-12-20-34(26-32)41-44-39(28-13-5-3-6-14-28)43-40(45-41)29-15-7-4-8-16-29/h3-23,25-27,36H,24H2,1-2H3. The Hall–Kier alpha value is -5.41. The maximum atomic E-state index is 4.95. The summed E-state index contributed by atoms with van der Waals surface area (Å²) in [5.74, 6) is 2.47. The summed E-state index contributed by atoms with van der Waals surface area (Å²) in [7, 11) is 0. The third-order valence-corrected chi connectivity index (χ3v) is 9.34. The third-order valence-electron chi connectivity index (χ3n) is 9.34. The molecule has 1 atom stereocenters. The topological polar surface area (TPSA) is 38.7 Å². The first-order valence-electron chi connectivity index (χ1n) is 15.6. The van der Waals surface area contributed by atoms with Gasteiger partial charge in [-0.05, 0) is 51.9 Å². The molecule has 0 N–H and O–H groups in total. The summed E-state index contributed by atoms with van der Waals surface area (Å²) < 4.78 is 0. The maximum absolute atomic E-state index is 4.95. The van der Waals surface area contributed by atoms with Crippen LogP contribution < -0.4 is 0 Å². The van der Waals surface area contributed by atoms with Crippen molar-refractivity contribution in [2.24, 2.45) is 0 Å². The fourth-order valence-electron chi connectivity index (χ4n) is 6.99. The lowest BCUT2D eigenvalue weighted by molar-refractivity contribution is 0.613. The molecule has 45 heavy (non-hydrogen) atoms. The highest BCUT2D eigenvalue weighted by Gasteiger charge is 2.41. The highest BCUT2D eigenvalue weighted by molar-refractivity contribution is 5.82. The van der Waals surface area contributed by atoms with Crippen LogP contribution in [0.25, 0.3) is 50.9 Å². The zero-order chi connectivity index (χ0) is 30.4. The highest BCUT2D eigenvalue weighted by Crippen LogP contribution is 2.54. The normalized spacial score (nSPS) is 16.4. The smallest absolute Gasteiger partial charge is 0.164 e. The Bertz CT molecular complexity index is 2050. The first-order valence-corrected chi connectivity index (χ1v) is 15.6.